The molecule has 7 nitrogen and oxygen atoms in total. The van der Waals surface area contributed by atoms with Crippen molar-refractivity contribution in [3.05, 3.63) is 89.7 Å². The number of benzene rings is 2. The van der Waals surface area contributed by atoms with E-state index in [4.69, 9.17) is 4.74 Å². The minimum Gasteiger partial charge on any atom is -0.497 e. The van der Waals surface area contributed by atoms with Crippen LogP contribution >= 0.6 is 0 Å². The molecule has 164 valence electrons. The van der Waals surface area contributed by atoms with Crippen molar-refractivity contribution in [2.75, 3.05) is 25.5 Å². The number of pyridine rings is 1. The first kappa shape index (κ1) is 21.5. The number of aliphatic imine (C=N–C) groups is 1. The van der Waals surface area contributed by atoms with Gasteiger partial charge in [0.15, 0.2) is 6.29 Å². The van der Waals surface area contributed by atoms with E-state index >= 15 is 0 Å². The van der Waals surface area contributed by atoms with E-state index in [0.717, 1.165) is 30.0 Å². The zero-order valence-electron chi connectivity index (χ0n) is 18.0. The van der Waals surface area contributed by atoms with Gasteiger partial charge in [-0.05, 0) is 53.9 Å². The zero-order valence-corrected chi connectivity index (χ0v) is 18.0. The summed E-state index contributed by atoms with van der Waals surface area (Å²) in [6.45, 7) is 1.32. The molecule has 1 aliphatic rings. The molecule has 0 fully saturated rings. The zero-order chi connectivity index (χ0) is 22.2. The van der Waals surface area contributed by atoms with Crippen LogP contribution in [0.25, 0.3) is 0 Å². The van der Waals surface area contributed by atoms with Crippen LogP contribution in [-0.2, 0) is 6.42 Å². The number of hydrogen-bond acceptors (Lipinski definition) is 6. The van der Waals surface area contributed by atoms with E-state index < -0.39 is 0 Å². The van der Waals surface area contributed by atoms with Gasteiger partial charge in [-0.25, -0.2) is 0 Å². The van der Waals surface area contributed by atoms with Gasteiger partial charge in [-0.1, -0.05) is 24.3 Å². The Balaban J connectivity index is 1.30. The summed E-state index contributed by atoms with van der Waals surface area (Å²) in [5, 5.41) is 9.69. The molecule has 1 aromatic heterocycles. The van der Waals surface area contributed by atoms with Crippen LogP contribution in [0, 0.1) is 0 Å². The molecule has 32 heavy (non-hydrogen) atoms. The van der Waals surface area contributed by atoms with Crippen molar-refractivity contribution < 1.29 is 9.53 Å². The van der Waals surface area contributed by atoms with Gasteiger partial charge < -0.3 is 15.4 Å². The van der Waals surface area contributed by atoms with Crippen molar-refractivity contribution in [3.63, 3.8) is 0 Å². The molecule has 0 saturated carbocycles. The van der Waals surface area contributed by atoms with E-state index in [9.17, 15) is 4.79 Å². The fourth-order valence-corrected chi connectivity index (χ4v) is 3.55. The van der Waals surface area contributed by atoms with Crippen molar-refractivity contribution in [1.29, 1.82) is 0 Å². The average molecular weight is 430 g/mol. The van der Waals surface area contributed by atoms with E-state index in [-0.39, 0.29) is 18.1 Å². The lowest BCUT2D eigenvalue weighted by atomic mass is 9.99. The Hall–Kier alpha value is -3.71. The van der Waals surface area contributed by atoms with Crippen LogP contribution in [-0.4, -0.2) is 43.6 Å². The quantitative estimate of drug-likeness (QED) is 0.512. The standard InChI is InChI=1S/C25H27N5O2/c1-32-23-9-7-19(8-10-23)21-16-28-25(29-17-21)30-22-6-2-5-20(14-22)24(31)27-13-11-18-4-3-12-26-15-18/h2-10,12,14-16,21,25,29-30H,11,13,17H2,1H3,(H,27,31). The van der Waals surface area contributed by atoms with Gasteiger partial charge >= 0.3 is 0 Å². The normalized spacial score (nSPS) is 17.5. The van der Waals surface area contributed by atoms with Crippen molar-refractivity contribution >= 4 is 17.8 Å². The molecule has 0 radical (unpaired) electrons. The van der Waals surface area contributed by atoms with Crippen LogP contribution in [0.1, 0.15) is 27.4 Å². The molecule has 0 bridgehead atoms. The Kier molecular flexibility index (Phi) is 7.09. The number of aromatic nitrogens is 1. The Morgan fingerprint density at radius 1 is 1.16 bits per heavy atom. The maximum absolute atomic E-state index is 12.5. The van der Waals surface area contributed by atoms with Gasteiger partial charge in [0.25, 0.3) is 5.91 Å². The van der Waals surface area contributed by atoms with E-state index in [1.165, 1.54) is 5.56 Å². The second kappa shape index (κ2) is 10.5. The Morgan fingerprint density at radius 3 is 2.75 bits per heavy atom. The van der Waals surface area contributed by atoms with Crippen molar-refractivity contribution in [2.24, 2.45) is 4.99 Å². The number of rotatable bonds is 8. The first-order valence-corrected chi connectivity index (χ1v) is 10.7. The number of anilines is 1. The number of hydrogen-bond donors (Lipinski definition) is 3. The third-order valence-corrected chi connectivity index (χ3v) is 5.34. The minimum absolute atomic E-state index is 0.0998. The molecule has 2 unspecified atom stereocenters. The smallest absolute Gasteiger partial charge is 0.251 e. The molecule has 2 atom stereocenters. The Morgan fingerprint density at radius 2 is 2.03 bits per heavy atom. The van der Waals surface area contributed by atoms with Gasteiger partial charge in [-0.2, -0.15) is 0 Å². The predicted octanol–water partition coefficient (Wildman–Crippen LogP) is 3.22. The molecule has 2 heterocycles. The predicted molar refractivity (Wildman–Crippen MR) is 126 cm³/mol. The fourth-order valence-electron chi connectivity index (χ4n) is 3.55. The summed E-state index contributed by atoms with van der Waals surface area (Å²) in [5.41, 5.74) is 3.72. The van der Waals surface area contributed by atoms with Gasteiger partial charge in [-0.15, -0.1) is 0 Å². The molecule has 7 heteroatoms. The van der Waals surface area contributed by atoms with Gasteiger partial charge in [0.05, 0.1) is 7.11 Å². The van der Waals surface area contributed by atoms with Crippen LogP contribution in [0.3, 0.4) is 0 Å². The summed E-state index contributed by atoms with van der Waals surface area (Å²) in [5.74, 6) is 0.947. The highest BCUT2D eigenvalue weighted by molar-refractivity contribution is 5.95. The molecule has 3 aromatic rings. The number of ether oxygens (including phenoxy) is 1. The Labute approximate surface area is 187 Å². The molecule has 0 saturated heterocycles. The molecule has 1 aliphatic heterocycles. The molecule has 3 N–H and O–H groups in total. The van der Waals surface area contributed by atoms with Crippen LogP contribution < -0.4 is 20.7 Å². The molecule has 1 amide bonds. The van der Waals surface area contributed by atoms with Crippen LogP contribution in [0.2, 0.25) is 0 Å². The lowest BCUT2D eigenvalue weighted by molar-refractivity contribution is 0.0954. The molecule has 0 aliphatic carbocycles. The maximum Gasteiger partial charge on any atom is 0.251 e. The van der Waals surface area contributed by atoms with E-state index in [1.807, 2.05) is 60.9 Å². The first-order valence-electron chi connectivity index (χ1n) is 10.7. The van der Waals surface area contributed by atoms with Crippen LogP contribution in [0.15, 0.2) is 78.0 Å². The second-order valence-electron chi connectivity index (χ2n) is 7.58. The van der Waals surface area contributed by atoms with Gasteiger partial charge in [0.1, 0.15) is 5.75 Å². The number of nitrogens with one attached hydrogen (secondary N) is 3. The lowest BCUT2D eigenvalue weighted by Gasteiger charge is -2.25. The van der Waals surface area contributed by atoms with Crippen molar-refractivity contribution in [3.8, 4) is 5.75 Å². The van der Waals surface area contributed by atoms with Crippen LogP contribution in [0.5, 0.6) is 5.75 Å². The highest BCUT2D eigenvalue weighted by atomic mass is 16.5. The second-order valence-corrected chi connectivity index (χ2v) is 7.58. The van der Waals surface area contributed by atoms with Crippen molar-refractivity contribution in [1.82, 2.24) is 15.6 Å². The SMILES string of the molecule is COc1ccc(C2C=NC(Nc3cccc(C(=O)NCCc4cccnc4)c3)NC2)cc1. The highest BCUT2D eigenvalue weighted by Gasteiger charge is 2.18. The monoisotopic (exact) mass is 429 g/mol. The minimum atomic E-state index is -0.242. The number of carbonyl (C=O) groups is 1. The number of amides is 1. The molecule has 2 aromatic carbocycles. The van der Waals surface area contributed by atoms with E-state index in [0.29, 0.717) is 12.1 Å². The number of carbonyl (C=O) groups excluding carboxylic acids is 1. The first-order chi connectivity index (χ1) is 15.7. The van der Waals surface area contributed by atoms with Crippen molar-refractivity contribution in [2.45, 2.75) is 18.6 Å². The van der Waals surface area contributed by atoms with Gasteiger partial charge in [0.2, 0.25) is 0 Å². The highest BCUT2D eigenvalue weighted by Crippen LogP contribution is 2.20. The topological polar surface area (TPSA) is 87.6 Å². The Bertz CT molecular complexity index is 1050. The average Bonchev–Trinajstić information content (AvgIpc) is 2.85. The fraction of sp³-hybridized carbons (Fsp3) is 0.240. The summed E-state index contributed by atoms with van der Waals surface area (Å²) in [4.78, 5) is 21.2. The summed E-state index contributed by atoms with van der Waals surface area (Å²) < 4.78 is 5.22. The summed E-state index contributed by atoms with van der Waals surface area (Å²) in [6, 6.07) is 19.4. The van der Waals surface area contributed by atoms with Gasteiger partial charge in [0, 0.05) is 48.9 Å². The lowest BCUT2D eigenvalue weighted by Crippen LogP contribution is -2.41. The summed E-state index contributed by atoms with van der Waals surface area (Å²) >= 11 is 0. The number of methoxy groups -OCH3 is 1. The molecular formula is C25H27N5O2. The molecule has 0 spiro atoms. The summed E-state index contributed by atoms with van der Waals surface area (Å²) in [7, 11) is 1.66. The van der Waals surface area contributed by atoms with E-state index in [2.05, 4.69) is 38.1 Å². The molecule has 4 rings (SSSR count). The number of nitrogens with zero attached hydrogens (tertiary/aromatic N) is 2. The maximum atomic E-state index is 12.5. The third-order valence-electron chi connectivity index (χ3n) is 5.34. The van der Waals surface area contributed by atoms with Crippen LogP contribution in [0.4, 0.5) is 5.69 Å². The van der Waals surface area contributed by atoms with Gasteiger partial charge in [-0.3, -0.25) is 20.1 Å². The largest absolute Gasteiger partial charge is 0.497 e. The summed E-state index contributed by atoms with van der Waals surface area (Å²) in [6.07, 6.45) is 6.02. The van der Waals surface area contributed by atoms with E-state index in [1.54, 1.807) is 13.3 Å². The third kappa shape index (κ3) is 5.70. The molecular weight excluding hydrogens is 402 g/mol.